The number of hydrogen-bond acceptors (Lipinski definition) is 5. The van der Waals surface area contributed by atoms with Gasteiger partial charge in [-0.05, 0) is 36.2 Å². The number of hydrogen-bond donors (Lipinski definition) is 2. The first kappa shape index (κ1) is 20.4. The fourth-order valence-electron chi connectivity index (χ4n) is 2.19. The van der Waals surface area contributed by atoms with Gasteiger partial charge in [-0.2, -0.15) is 8.78 Å². The van der Waals surface area contributed by atoms with Gasteiger partial charge < -0.3 is 15.4 Å². The summed E-state index contributed by atoms with van der Waals surface area (Å²) in [7, 11) is 0. The van der Waals surface area contributed by atoms with E-state index >= 15 is 0 Å². The summed E-state index contributed by atoms with van der Waals surface area (Å²) in [5.41, 5.74) is 0.996. The van der Waals surface area contributed by atoms with Gasteiger partial charge >= 0.3 is 6.61 Å². The third-order valence-corrected chi connectivity index (χ3v) is 3.80. The van der Waals surface area contributed by atoms with Crippen molar-refractivity contribution in [3.63, 3.8) is 0 Å². The Hall–Kier alpha value is -2.94. The van der Waals surface area contributed by atoms with E-state index in [1.54, 1.807) is 12.1 Å². The van der Waals surface area contributed by atoms with Gasteiger partial charge in [0.15, 0.2) is 0 Å². The normalized spacial score (nSPS) is 10.5. The molecule has 0 aromatic heterocycles. The number of carbonyl (C=O) groups is 1. The SMILES string of the molecule is O=C(CNc1ccc(Cl)c([N+](=O)[O-])c1)NCCc1ccc(OC(F)F)cc1. The van der Waals surface area contributed by atoms with Crippen molar-refractivity contribution in [3.8, 4) is 5.75 Å². The van der Waals surface area contributed by atoms with Gasteiger partial charge in [-0.1, -0.05) is 23.7 Å². The van der Waals surface area contributed by atoms with Crippen molar-refractivity contribution in [1.29, 1.82) is 0 Å². The first-order valence-corrected chi connectivity index (χ1v) is 8.21. The fraction of sp³-hybridized carbons (Fsp3) is 0.235. The van der Waals surface area contributed by atoms with E-state index in [0.717, 1.165) is 5.56 Å². The fourth-order valence-corrected chi connectivity index (χ4v) is 2.38. The predicted molar refractivity (Wildman–Crippen MR) is 96.4 cm³/mol. The Morgan fingerprint density at radius 3 is 2.56 bits per heavy atom. The monoisotopic (exact) mass is 399 g/mol. The van der Waals surface area contributed by atoms with Gasteiger partial charge in [-0.25, -0.2) is 0 Å². The van der Waals surface area contributed by atoms with Crippen molar-refractivity contribution >= 4 is 28.9 Å². The summed E-state index contributed by atoms with van der Waals surface area (Å²) in [5, 5.41) is 16.3. The molecule has 2 N–H and O–H groups in total. The maximum absolute atomic E-state index is 12.1. The zero-order chi connectivity index (χ0) is 19.8. The van der Waals surface area contributed by atoms with Crippen molar-refractivity contribution in [1.82, 2.24) is 5.32 Å². The van der Waals surface area contributed by atoms with Gasteiger partial charge in [-0.15, -0.1) is 0 Å². The second kappa shape index (κ2) is 9.67. The van der Waals surface area contributed by atoms with Crippen LogP contribution in [0, 0.1) is 10.1 Å². The lowest BCUT2D eigenvalue weighted by atomic mass is 10.1. The van der Waals surface area contributed by atoms with Crippen LogP contribution in [-0.4, -0.2) is 30.5 Å². The largest absolute Gasteiger partial charge is 0.435 e. The summed E-state index contributed by atoms with van der Waals surface area (Å²) < 4.78 is 28.4. The Morgan fingerprint density at radius 1 is 1.22 bits per heavy atom. The zero-order valence-corrected chi connectivity index (χ0v) is 14.7. The van der Waals surface area contributed by atoms with E-state index < -0.39 is 11.5 Å². The predicted octanol–water partition coefficient (Wildman–Crippen LogP) is 3.62. The lowest BCUT2D eigenvalue weighted by Gasteiger charge is -2.09. The molecule has 0 bridgehead atoms. The summed E-state index contributed by atoms with van der Waals surface area (Å²) in [6.07, 6.45) is 0.507. The van der Waals surface area contributed by atoms with Gasteiger partial charge in [-0.3, -0.25) is 14.9 Å². The van der Waals surface area contributed by atoms with Crippen LogP contribution in [0.15, 0.2) is 42.5 Å². The molecule has 0 heterocycles. The van der Waals surface area contributed by atoms with E-state index in [9.17, 15) is 23.7 Å². The number of amides is 1. The smallest absolute Gasteiger partial charge is 0.387 e. The molecule has 0 saturated heterocycles. The third kappa shape index (κ3) is 6.70. The van der Waals surface area contributed by atoms with Crippen LogP contribution in [0.2, 0.25) is 5.02 Å². The zero-order valence-electron chi connectivity index (χ0n) is 14.0. The number of carbonyl (C=O) groups excluding carboxylic acids is 1. The average Bonchev–Trinajstić information content (AvgIpc) is 2.62. The molecule has 0 aliphatic heterocycles. The molecule has 0 aliphatic rings. The van der Waals surface area contributed by atoms with Crippen LogP contribution < -0.4 is 15.4 Å². The van der Waals surface area contributed by atoms with Crippen molar-refractivity contribution in [2.75, 3.05) is 18.4 Å². The first-order valence-electron chi connectivity index (χ1n) is 7.83. The molecule has 2 aromatic rings. The highest BCUT2D eigenvalue weighted by molar-refractivity contribution is 6.32. The Balaban J connectivity index is 1.75. The Kier molecular flexibility index (Phi) is 7.30. The number of rotatable bonds is 9. The summed E-state index contributed by atoms with van der Waals surface area (Å²) in [5.74, 6) is -0.232. The second-order valence-corrected chi connectivity index (χ2v) is 5.81. The van der Waals surface area contributed by atoms with Gasteiger partial charge in [0.1, 0.15) is 10.8 Å². The van der Waals surface area contributed by atoms with E-state index in [0.29, 0.717) is 18.7 Å². The lowest BCUT2D eigenvalue weighted by Crippen LogP contribution is -2.31. The van der Waals surface area contributed by atoms with Crippen LogP contribution in [-0.2, 0) is 11.2 Å². The molecule has 1 amide bonds. The Bertz CT molecular complexity index is 803. The second-order valence-electron chi connectivity index (χ2n) is 5.40. The molecule has 144 valence electrons. The number of halogens is 3. The molecule has 2 rings (SSSR count). The number of nitrogens with zero attached hydrogens (tertiary/aromatic N) is 1. The standard InChI is InChI=1S/C17H16ClF2N3O4/c18-14-6-3-12(9-15(14)23(25)26)22-10-16(24)21-8-7-11-1-4-13(5-2-11)27-17(19)20/h1-6,9,17,22H,7-8,10H2,(H,21,24). The summed E-state index contributed by atoms with van der Waals surface area (Å²) in [6, 6.07) is 10.3. The quantitative estimate of drug-likeness (QED) is 0.496. The number of anilines is 1. The number of nitro benzene ring substituents is 1. The Morgan fingerprint density at radius 2 is 1.93 bits per heavy atom. The number of nitrogens with one attached hydrogen (secondary N) is 2. The Labute approximate surface area is 158 Å². The van der Waals surface area contributed by atoms with E-state index in [1.807, 2.05) is 0 Å². The maximum atomic E-state index is 12.1. The van der Waals surface area contributed by atoms with Gasteiger partial charge in [0.25, 0.3) is 5.69 Å². The number of benzene rings is 2. The van der Waals surface area contributed by atoms with E-state index in [2.05, 4.69) is 15.4 Å². The third-order valence-electron chi connectivity index (χ3n) is 3.48. The molecule has 0 atom stereocenters. The average molecular weight is 400 g/mol. The van der Waals surface area contributed by atoms with Crippen molar-refractivity contribution in [2.24, 2.45) is 0 Å². The summed E-state index contributed by atoms with van der Waals surface area (Å²) >= 11 is 5.72. The molecule has 10 heteroatoms. The molecule has 0 unspecified atom stereocenters. The van der Waals surface area contributed by atoms with Gasteiger partial charge in [0.05, 0.1) is 11.5 Å². The minimum atomic E-state index is -2.87. The minimum absolute atomic E-state index is 0.0139. The van der Waals surface area contributed by atoms with Crippen LogP contribution in [0.4, 0.5) is 20.2 Å². The molecule has 0 aliphatic carbocycles. The summed E-state index contributed by atoms with van der Waals surface area (Å²) in [6.45, 7) is -2.60. The number of ether oxygens (including phenoxy) is 1. The molecule has 2 aromatic carbocycles. The van der Waals surface area contributed by atoms with Crippen LogP contribution in [0.3, 0.4) is 0 Å². The van der Waals surface area contributed by atoms with E-state index in [1.165, 1.54) is 30.3 Å². The molecule has 7 nitrogen and oxygen atoms in total. The van der Waals surface area contributed by atoms with Crippen molar-refractivity contribution in [3.05, 3.63) is 63.2 Å². The van der Waals surface area contributed by atoms with E-state index in [4.69, 9.17) is 11.6 Å². The van der Waals surface area contributed by atoms with Crippen LogP contribution in [0.25, 0.3) is 0 Å². The van der Waals surface area contributed by atoms with Crippen molar-refractivity contribution < 1.29 is 23.2 Å². The number of nitro groups is 1. The van der Waals surface area contributed by atoms with Crippen LogP contribution in [0.5, 0.6) is 5.75 Å². The van der Waals surface area contributed by atoms with Crippen LogP contribution in [0.1, 0.15) is 5.56 Å². The molecular formula is C17H16ClF2N3O4. The summed E-state index contributed by atoms with van der Waals surface area (Å²) in [4.78, 5) is 22.1. The number of alkyl halides is 2. The molecular weight excluding hydrogens is 384 g/mol. The van der Waals surface area contributed by atoms with Gasteiger partial charge in [0.2, 0.25) is 5.91 Å². The molecule has 27 heavy (non-hydrogen) atoms. The molecule has 0 radical (unpaired) electrons. The first-order chi connectivity index (χ1) is 12.8. The molecule has 0 fully saturated rings. The van der Waals surface area contributed by atoms with E-state index in [-0.39, 0.29) is 28.9 Å². The van der Waals surface area contributed by atoms with Gasteiger partial charge in [0, 0.05) is 18.3 Å². The maximum Gasteiger partial charge on any atom is 0.387 e. The lowest BCUT2D eigenvalue weighted by molar-refractivity contribution is -0.384. The molecule has 0 saturated carbocycles. The minimum Gasteiger partial charge on any atom is -0.435 e. The van der Waals surface area contributed by atoms with Crippen LogP contribution >= 0.6 is 11.6 Å². The van der Waals surface area contributed by atoms with Crippen molar-refractivity contribution in [2.45, 2.75) is 13.0 Å². The molecule has 0 spiro atoms. The highest BCUT2D eigenvalue weighted by Crippen LogP contribution is 2.27. The highest BCUT2D eigenvalue weighted by atomic mass is 35.5. The topological polar surface area (TPSA) is 93.5 Å². The highest BCUT2D eigenvalue weighted by Gasteiger charge is 2.13.